The molecule has 0 spiro atoms. The summed E-state index contributed by atoms with van der Waals surface area (Å²) in [5.74, 6) is 0.0521. The van der Waals surface area contributed by atoms with Crippen LogP contribution in [0.5, 0.6) is 0 Å². The standard InChI is InChI=1S/C18H26N2O3/c1-4-23-17(21)15-6-5-11-20(12-15)18(22)19-16-9-7-14(8-10-16)13(2)3/h7-10,13,15H,4-6,11-12H2,1-3H3,(H,19,22)/t15-/m0/s1. The van der Waals surface area contributed by atoms with Gasteiger partial charge >= 0.3 is 12.0 Å². The van der Waals surface area contributed by atoms with E-state index in [0.717, 1.165) is 18.5 Å². The molecule has 0 saturated carbocycles. The van der Waals surface area contributed by atoms with Gasteiger partial charge in [0, 0.05) is 18.8 Å². The molecule has 1 saturated heterocycles. The van der Waals surface area contributed by atoms with Crippen LogP contribution < -0.4 is 5.32 Å². The molecule has 5 heteroatoms. The number of rotatable bonds is 4. The summed E-state index contributed by atoms with van der Waals surface area (Å²) in [6.07, 6.45) is 1.61. The lowest BCUT2D eigenvalue weighted by molar-refractivity contribution is -0.149. The van der Waals surface area contributed by atoms with Crippen LogP contribution in [0.1, 0.15) is 45.1 Å². The van der Waals surface area contributed by atoms with Crippen molar-refractivity contribution in [3.63, 3.8) is 0 Å². The highest BCUT2D eigenvalue weighted by Crippen LogP contribution is 2.20. The molecule has 1 N–H and O–H groups in total. The highest BCUT2D eigenvalue weighted by molar-refractivity contribution is 5.89. The van der Waals surface area contributed by atoms with E-state index in [-0.39, 0.29) is 17.9 Å². The van der Waals surface area contributed by atoms with Crippen LogP contribution in [0.2, 0.25) is 0 Å². The van der Waals surface area contributed by atoms with Gasteiger partial charge in [-0.05, 0) is 43.4 Å². The lowest BCUT2D eigenvalue weighted by Crippen LogP contribution is -2.44. The van der Waals surface area contributed by atoms with Gasteiger partial charge in [0.1, 0.15) is 0 Å². The van der Waals surface area contributed by atoms with Crippen molar-refractivity contribution in [2.45, 2.75) is 39.5 Å². The molecule has 5 nitrogen and oxygen atoms in total. The minimum absolute atomic E-state index is 0.156. The van der Waals surface area contributed by atoms with Gasteiger partial charge in [0.25, 0.3) is 0 Å². The van der Waals surface area contributed by atoms with Gasteiger partial charge in [-0.1, -0.05) is 26.0 Å². The average molecular weight is 318 g/mol. The number of hydrogen-bond acceptors (Lipinski definition) is 3. The molecule has 0 aromatic heterocycles. The molecular weight excluding hydrogens is 292 g/mol. The molecule has 1 heterocycles. The van der Waals surface area contributed by atoms with E-state index in [2.05, 4.69) is 19.2 Å². The Labute approximate surface area is 138 Å². The smallest absolute Gasteiger partial charge is 0.321 e. The van der Waals surface area contributed by atoms with E-state index in [4.69, 9.17) is 4.74 Å². The zero-order chi connectivity index (χ0) is 16.8. The summed E-state index contributed by atoms with van der Waals surface area (Å²) in [5, 5.41) is 2.90. The van der Waals surface area contributed by atoms with Crippen molar-refractivity contribution in [2.75, 3.05) is 25.0 Å². The molecule has 0 radical (unpaired) electrons. The van der Waals surface area contributed by atoms with Gasteiger partial charge in [-0.3, -0.25) is 4.79 Å². The molecule has 2 rings (SSSR count). The number of nitrogens with zero attached hydrogens (tertiary/aromatic N) is 1. The molecular formula is C18H26N2O3. The number of ether oxygens (including phenoxy) is 1. The molecule has 1 aliphatic heterocycles. The Balaban J connectivity index is 1.93. The highest BCUT2D eigenvalue weighted by atomic mass is 16.5. The lowest BCUT2D eigenvalue weighted by Gasteiger charge is -2.31. The first-order chi connectivity index (χ1) is 11.0. The van der Waals surface area contributed by atoms with Crippen LogP contribution in [0, 0.1) is 5.92 Å². The normalized spacial score (nSPS) is 17.9. The number of amides is 2. The summed E-state index contributed by atoms with van der Waals surface area (Å²) in [4.78, 5) is 25.9. The maximum absolute atomic E-state index is 12.4. The Morgan fingerprint density at radius 2 is 2.00 bits per heavy atom. The van der Waals surface area contributed by atoms with Crippen molar-refractivity contribution >= 4 is 17.7 Å². The summed E-state index contributed by atoms with van der Waals surface area (Å²) >= 11 is 0. The zero-order valence-corrected chi connectivity index (χ0v) is 14.2. The van der Waals surface area contributed by atoms with Crippen LogP contribution in [-0.4, -0.2) is 36.6 Å². The van der Waals surface area contributed by atoms with Crippen molar-refractivity contribution < 1.29 is 14.3 Å². The van der Waals surface area contributed by atoms with Gasteiger partial charge < -0.3 is 15.0 Å². The van der Waals surface area contributed by atoms with Gasteiger partial charge in [0.15, 0.2) is 0 Å². The van der Waals surface area contributed by atoms with Gasteiger partial charge in [-0.25, -0.2) is 4.79 Å². The molecule has 0 unspecified atom stereocenters. The van der Waals surface area contributed by atoms with Gasteiger partial charge in [-0.15, -0.1) is 0 Å². The number of carbonyl (C=O) groups excluding carboxylic acids is 2. The monoisotopic (exact) mass is 318 g/mol. The van der Waals surface area contributed by atoms with E-state index in [1.54, 1.807) is 11.8 Å². The lowest BCUT2D eigenvalue weighted by atomic mass is 9.98. The third-order valence-electron chi connectivity index (χ3n) is 4.16. The van der Waals surface area contributed by atoms with Gasteiger partial charge in [0.2, 0.25) is 0 Å². The predicted molar refractivity (Wildman–Crippen MR) is 90.5 cm³/mol. The molecule has 1 fully saturated rings. The highest BCUT2D eigenvalue weighted by Gasteiger charge is 2.29. The Bertz CT molecular complexity index is 540. The number of anilines is 1. The van der Waals surface area contributed by atoms with E-state index in [9.17, 15) is 9.59 Å². The summed E-state index contributed by atoms with van der Waals surface area (Å²) in [6.45, 7) is 7.55. The molecule has 0 aliphatic carbocycles. The summed E-state index contributed by atoms with van der Waals surface area (Å²) in [7, 11) is 0. The fourth-order valence-corrected chi connectivity index (χ4v) is 2.77. The van der Waals surface area contributed by atoms with Crippen molar-refractivity contribution in [2.24, 2.45) is 5.92 Å². The first-order valence-electron chi connectivity index (χ1n) is 8.33. The Morgan fingerprint density at radius 3 is 2.61 bits per heavy atom. The van der Waals surface area contributed by atoms with Crippen LogP contribution >= 0.6 is 0 Å². The molecule has 2 amide bonds. The van der Waals surface area contributed by atoms with E-state index in [0.29, 0.717) is 25.6 Å². The molecule has 1 aliphatic rings. The predicted octanol–water partition coefficient (Wildman–Crippen LogP) is 3.62. The van der Waals surface area contributed by atoms with Gasteiger partial charge in [0.05, 0.1) is 12.5 Å². The second-order valence-corrected chi connectivity index (χ2v) is 6.24. The number of carbonyl (C=O) groups is 2. The number of nitrogens with one attached hydrogen (secondary N) is 1. The van der Waals surface area contributed by atoms with E-state index < -0.39 is 0 Å². The van der Waals surface area contributed by atoms with E-state index >= 15 is 0 Å². The Kier molecular flexibility index (Phi) is 6.02. The van der Waals surface area contributed by atoms with Crippen molar-refractivity contribution in [3.05, 3.63) is 29.8 Å². The average Bonchev–Trinajstić information content (AvgIpc) is 2.55. The van der Waals surface area contributed by atoms with Crippen molar-refractivity contribution in [1.29, 1.82) is 0 Å². The molecule has 23 heavy (non-hydrogen) atoms. The first-order valence-corrected chi connectivity index (χ1v) is 8.33. The summed E-state index contributed by atoms with van der Waals surface area (Å²) in [6, 6.07) is 7.73. The van der Waals surface area contributed by atoms with Crippen molar-refractivity contribution in [3.8, 4) is 0 Å². The van der Waals surface area contributed by atoms with Crippen LogP contribution in [0.25, 0.3) is 0 Å². The third kappa shape index (κ3) is 4.71. The van der Waals surface area contributed by atoms with Crippen LogP contribution in [-0.2, 0) is 9.53 Å². The number of likely N-dealkylation sites (tertiary alicyclic amines) is 1. The topological polar surface area (TPSA) is 58.6 Å². The minimum Gasteiger partial charge on any atom is -0.466 e. The number of benzene rings is 1. The van der Waals surface area contributed by atoms with E-state index in [1.165, 1.54) is 5.56 Å². The second-order valence-electron chi connectivity index (χ2n) is 6.24. The molecule has 0 bridgehead atoms. The van der Waals surface area contributed by atoms with E-state index in [1.807, 2.05) is 24.3 Å². The molecule has 1 aromatic carbocycles. The number of esters is 1. The number of hydrogen-bond donors (Lipinski definition) is 1. The van der Waals surface area contributed by atoms with Crippen LogP contribution in [0.3, 0.4) is 0 Å². The SMILES string of the molecule is CCOC(=O)[C@H]1CCCN(C(=O)Nc2ccc(C(C)C)cc2)C1. The number of piperidine rings is 1. The quantitative estimate of drug-likeness (QED) is 0.863. The fraction of sp³-hybridized carbons (Fsp3) is 0.556. The second kappa shape index (κ2) is 7.99. The Morgan fingerprint density at radius 1 is 1.30 bits per heavy atom. The molecule has 1 aromatic rings. The zero-order valence-electron chi connectivity index (χ0n) is 14.2. The largest absolute Gasteiger partial charge is 0.466 e. The van der Waals surface area contributed by atoms with Crippen LogP contribution in [0.4, 0.5) is 10.5 Å². The molecule has 1 atom stereocenters. The minimum atomic E-state index is -0.210. The Hall–Kier alpha value is -2.04. The fourth-order valence-electron chi connectivity index (χ4n) is 2.77. The maximum Gasteiger partial charge on any atom is 0.321 e. The maximum atomic E-state index is 12.4. The van der Waals surface area contributed by atoms with Gasteiger partial charge in [-0.2, -0.15) is 0 Å². The first kappa shape index (κ1) is 17.3. The van der Waals surface area contributed by atoms with Crippen LogP contribution in [0.15, 0.2) is 24.3 Å². The number of urea groups is 1. The summed E-state index contributed by atoms with van der Waals surface area (Å²) < 4.78 is 5.07. The summed E-state index contributed by atoms with van der Waals surface area (Å²) in [5.41, 5.74) is 2.01. The van der Waals surface area contributed by atoms with Crippen molar-refractivity contribution in [1.82, 2.24) is 4.90 Å². The third-order valence-corrected chi connectivity index (χ3v) is 4.16. The molecule has 126 valence electrons.